The van der Waals surface area contributed by atoms with Crippen molar-refractivity contribution in [2.24, 2.45) is 0 Å². The number of carbonyl (C=O) groups excluding carboxylic acids is 1. The second-order valence-corrected chi connectivity index (χ2v) is 5.92. The van der Waals surface area contributed by atoms with Crippen molar-refractivity contribution in [3.05, 3.63) is 60.0 Å². The Morgan fingerprint density at radius 1 is 1.19 bits per heavy atom. The molecule has 7 heteroatoms. The summed E-state index contributed by atoms with van der Waals surface area (Å²) in [6.07, 6.45) is 2.53. The van der Waals surface area contributed by atoms with Gasteiger partial charge in [-0.25, -0.2) is 0 Å². The number of likely N-dealkylation sites (N-methyl/N-ethyl adjacent to an activating group) is 1. The summed E-state index contributed by atoms with van der Waals surface area (Å²) in [4.78, 5) is 18.3. The van der Waals surface area contributed by atoms with E-state index in [1.54, 1.807) is 18.0 Å². The summed E-state index contributed by atoms with van der Waals surface area (Å²) < 4.78 is 6.87. The van der Waals surface area contributed by atoms with Crippen LogP contribution in [-0.4, -0.2) is 46.5 Å². The number of methoxy groups -OCH3 is 1. The van der Waals surface area contributed by atoms with Gasteiger partial charge in [-0.2, -0.15) is 4.68 Å². The first-order valence-corrected chi connectivity index (χ1v) is 8.32. The molecule has 7 nitrogen and oxygen atoms in total. The third-order valence-corrected chi connectivity index (χ3v) is 4.09. The Labute approximate surface area is 152 Å². The SMILES string of the molecule is COc1ccc(-n2nnc(C(C)=O)c2N(C)CCc2ccccn2)cc1. The first-order valence-electron chi connectivity index (χ1n) is 8.32. The minimum atomic E-state index is -0.121. The smallest absolute Gasteiger partial charge is 0.183 e. The molecular formula is C19H21N5O2. The number of pyridine rings is 1. The quantitative estimate of drug-likeness (QED) is 0.609. The van der Waals surface area contributed by atoms with Crippen LogP contribution in [0.3, 0.4) is 0 Å². The molecule has 0 unspecified atom stereocenters. The highest BCUT2D eigenvalue weighted by Gasteiger charge is 2.21. The molecule has 0 aliphatic carbocycles. The van der Waals surface area contributed by atoms with E-state index < -0.39 is 0 Å². The molecule has 0 fully saturated rings. The largest absolute Gasteiger partial charge is 0.497 e. The minimum Gasteiger partial charge on any atom is -0.497 e. The average molecular weight is 351 g/mol. The number of hydrogen-bond acceptors (Lipinski definition) is 6. The van der Waals surface area contributed by atoms with Gasteiger partial charge in [0, 0.05) is 38.8 Å². The first-order chi connectivity index (χ1) is 12.6. The zero-order chi connectivity index (χ0) is 18.5. The van der Waals surface area contributed by atoms with E-state index >= 15 is 0 Å². The molecule has 0 atom stereocenters. The first kappa shape index (κ1) is 17.6. The number of carbonyl (C=O) groups is 1. The molecule has 1 aromatic carbocycles. The lowest BCUT2D eigenvalue weighted by molar-refractivity contribution is 0.101. The molecule has 3 rings (SSSR count). The number of hydrogen-bond donors (Lipinski definition) is 0. The van der Waals surface area contributed by atoms with Crippen LogP contribution in [0.25, 0.3) is 5.69 Å². The van der Waals surface area contributed by atoms with Crippen molar-refractivity contribution in [3.63, 3.8) is 0 Å². The van der Waals surface area contributed by atoms with Gasteiger partial charge in [-0.05, 0) is 36.4 Å². The fourth-order valence-corrected chi connectivity index (χ4v) is 2.68. The Bertz CT molecular complexity index is 875. The summed E-state index contributed by atoms with van der Waals surface area (Å²) in [5.41, 5.74) is 2.15. The minimum absolute atomic E-state index is 0.121. The number of nitrogens with zero attached hydrogens (tertiary/aromatic N) is 5. The summed E-state index contributed by atoms with van der Waals surface area (Å²) in [6, 6.07) is 13.3. The lowest BCUT2D eigenvalue weighted by Crippen LogP contribution is -2.25. The van der Waals surface area contributed by atoms with Crippen molar-refractivity contribution >= 4 is 11.6 Å². The maximum atomic E-state index is 12.0. The van der Waals surface area contributed by atoms with E-state index in [1.165, 1.54) is 6.92 Å². The van der Waals surface area contributed by atoms with Crippen LogP contribution >= 0.6 is 0 Å². The van der Waals surface area contributed by atoms with Crippen LogP contribution in [0.4, 0.5) is 5.82 Å². The van der Waals surface area contributed by atoms with Gasteiger partial charge in [0.05, 0.1) is 12.8 Å². The van der Waals surface area contributed by atoms with Gasteiger partial charge >= 0.3 is 0 Å². The van der Waals surface area contributed by atoms with Crippen molar-refractivity contribution < 1.29 is 9.53 Å². The zero-order valence-electron chi connectivity index (χ0n) is 15.1. The van der Waals surface area contributed by atoms with Crippen LogP contribution in [0.2, 0.25) is 0 Å². The summed E-state index contributed by atoms with van der Waals surface area (Å²) in [7, 11) is 3.54. The lowest BCUT2D eigenvalue weighted by Gasteiger charge is -2.20. The molecule has 0 amide bonds. The van der Waals surface area contributed by atoms with Gasteiger partial charge in [0.2, 0.25) is 0 Å². The van der Waals surface area contributed by atoms with Crippen LogP contribution in [0.1, 0.15) is 23.1 Å². The molecule has 0 aliphatic heterocycles. The van der Waals surface area contributed by atoms with E-state index in [0.717, 1.165) is 23.6 Å². The monoisotopic (exact) mass is 351 g/mol. The molecule has 0 saturated carbocycles. The highest BCUT2D eigenvalue weighted by Crippen LogP contribution is 2.24. The number of ether oxygens (including phenoxy) is 1. The Hall–Kier alpha value is -3.22. The summed E-state index contributed by atoms with van der Waals surface area (Å²) in [5.74, 6) is 1.30. The second kappa shape index (κ2) is 7.77. The van der Waals surface area contributed by atoms with E-state index in [2.05, 4.69) is 15.3 Å². The topological polar surface area (TPSA) is 73.1 Å². The zero-order valence-corrected chi connectivity index (χ0v) is 15.1. The normalized spacial score (nSPS) is 10.6. The summed E-state index contributed by atoms with van der Waals surface area (Å²) in [6.45, 7) is 2.18. The predicted octanol–water partition coefficient (Wildman–Crippen LogP) is 2.55. The Morgan fingerprint density at radius 3 is 2.58 bits per heavy atom. The third kappa shape index (κ3) is 3.72. The van der Waals surface area contributed by atoms with Gasteiger partial charge in [-0.1, -0.05) is 11.3 Å². The number of benzene rings is 1. The van der Waals surface area contributed by atoms with Gasteiger partial charge in [0.15, 0.2) is 17.3 Å². The molecule has 26 heavy (non-hydrogen) atoms. The fraction of sp³-hybridized carbons (Fsp3) is 0.263. The Kier molecular flexibility index (Phi) is 5.26. The number of anilines is 1. The van der Waals surface area contributed by atoms with E-state index in [9.17, 15) is 4.79 Å². The van der Waals surface area contributed by atoms with Crippen LogP contribution in [-0.2, 0) is 6.42 Å². The van der Waals surface area contributed by atoms with Crippen LogP contribution in [0.5, 0.6) is 5.75 Å². The van der Waals surface area contributed by atoms with E-state index in [4.69, 9.17) is 4.74 Å². The van der Waals surface area contributed by atoms with E-state index in [1.807, 2.05) is 54.4 Å². The molecule has 2 heterocycles. The number of Topliss-reactive ketones (excluding diaryl/α,β-unsaturated/α-hetero) is 1. The molecule has 0 radical (unpaired) electrons. The van der Waals surface area contributed by atoms with Crippen molar-refractivity contribution in [2.75, 3.05) is 25.6 Å². The molecule has 134 valence electrons. The lowest BCUT2D eigenvalue weighted by atomic mass is 10.2. The van der Waals surface area contributed by atoms with Gasteiger partial charge in [-0.3, -0.25) is 9.78 Å². The second-order valence-electron chi connectivity index (χ2n) is 5.92. The maximum absolute atomic E-state index is 12.0. The van der Waals surface area contributed by atoms with Crippen LogP contribution in [0, 0.1) is 0 Å². The van der Waals surface area contributed by atoms with Crippen LogP contribution in [0.15, 0.2) is 48.7 Å². The average Bonchev–Trinajstić information content (AvgIpc) is 3.12. The Morgan fingerprint density at radius 2 is 1.96 bits per heavy atom. The molecular weight excluding hydrogens is 330 g/mol. The fourth-order valence-electron chi connectivity index (χ4n) is 2.68. The van der Waals surface area contributed by atoms with Gasteiger partial charge in [-0.15, -0.1) is 5.10 Å². The molecule has 0 N–H and O–H groups in total. The van der Waals surface area contributed by atoms with Crippen LogP contribution < -0.4 is 9.64 Å². The molecule has 0 spiro atoms. The van der Waals surface area contributed by atoms with Gasteiger partial charge in [0.1, 0.15) is 5.75 Å². The summed E-state index contributed by atoms with van der Waals surface area (Å²) >= 11 is 0. The van der Waals surface area contributed by atoms with Crippen molar-refractivity contribution in [1.29, 1.82) is 0 Å². The molecule has 0 bridgehead atoms. The number of aromatic nitrogens is 4. The molecule has 2 aromatic heterocycles. The molecule has 0 saturated heterocycles. The highest BCUT2D eigenvalue weighted by molar-refractivity contribution is 5.97. The predicted molar refractivity (Wildman–Crippen MR) is 99.1 cm³/mol. The van der Waals surface area contributed by atoms with Gasteiger partial charge in [0.25, 0.3) is 0 Å². The van der Waals surface area contributed by atoms with E-state index in [0.29, 0.717) is 18.1 Å². The number of rotatable bonds is 7. The Balaban J connectivity index is 1.90. The molecule has 3 aromatic rings. The van der Waals surface area contributed by atoms with Crippen molar-refractivity contribution in [2.45, 2.75) is 13.3 Å². The third-order valence-electron chi connectivity index (χ3n) is 4.09. The number of ketones is 1. The molecule has 0 aliphatic rings. The summed E-state index contributed by atoms with van der Waals surface area (Å²) in [5, 5.41) is 8.27. The highest BCUT2D eigenvalue weighted by atomic mass is 16.5. The van der Waals surface area contributed by atoms with Crippen molar-refractivity contribution in [3.8, 4) is 11.4 Å². The maximum Gasteiger partial charge on any atom is 0.183 e. The standard InChI is InChI=1S/C19H21N5O2/c1-14(25)18-19(23(2)13-11-15-6-4-5-12-20-15)24(22-21-18)16-7-9-17(26-3)10-8-16/h4-10,12H,11,13H2,1-3H3. The van der Waals surface area contributed by atoms with E-state index in [-0.39, 0.29) is 5.78 Å². The van der Waals surface area contributed by atoms with Crippen molar-refractivity contribution in [1.82, 2.24) is 20.0 Å². The van der Waals surface area contributed by atoms with Gasteiger partial charge < -0.3 is 9.64 Å².